The van der Waals surface area contributed by atoms with Crippen molar-refractivity contribution in [3.8, 4) is 0 Å². The molecule has 98 valence electrons. The number of carbonyl (C=O) groups excluding carboxylic acids is 1. The van der Waals surface area contributed by atoms with Gasteiger partial charge in [-0.2, -0.15) is 0 Å². The second-order valence-corrected chi connectivity index (χ2v) is 4.64. The van der Waals surface area contributed by atoms with Gasteiger partial charge in [-0.1, -0.05) is 6.58 Å². The van der Waals surface area contributed by atoms with Crippen LogP contribution in [-0.4, -0.2) is 32.1 Å². The molecule has 0 rings (SSSR count). The summed E-state index contributed by atoms with van der Waals surface area (Å²) in [6.45, 7) is 8.65. The van der Waals surface area contributed by atoms with Crippen LogP contribution in [0.3, 0.4) is 0 Å². The zero-order valence-corrected chi connectivity index (χ0v) is 11.7. The third-order valence-electron chi connectivity index (χ3n) is 2.13. The zero-order valence-electron chi connectivity index (χ0n) is 10.9. The van der Waals surface area contributed by atoms with Crippen molar-refractivity contribution in [3.63, 3.8) is 0 Å². The fourth-order valence-corrected chi connectivity index (χ4v) is 1.33. The van der Waals surface area contributed by atoms with Gasteiger partial charge in [-0.3, -0.25) is 4.79 Å². The van der Waals surface area contributed by atoms with Gasteiger partial charge in [-0.15, -0.1) is 0 Å². The van der Waals surface area contributed by atoms with Gasteiger partial charge in [0, 0.05) is 5.54 Å². The summed E-state index contributed by atoms with van der Waals surface area (Å²) in [4.78, 5) is 12.5. The fourth-order valence-electron chi connectivity index (χ4n) is 1.33. The molecular formula is C11H26ClN3O. The van der Waals surface area contributed by atoms with E-state index in [1.165, 1.54) is 11.0 Å². The molecule has 0 bridgehead atoms. The van der Waals surface area contributed by atoms with Crippen LogP contribution in [-0.2, 0) is 4.79 Å². The predicted octanol–water partition coefficient (Wildman–Crippen LogP) is -2.84. The summed E-state index contributed by atoms with van der Waals surface area (Å²) in [5.41, 5.74) is -0.124. The van der Waals surface area contributed by atoms with Crippen LogP contribution < -0.4 is 28.8 Å². The molecule has 0 heterocycles. The van der Waals surface area contributed by atoms with E-state index in [4.69, 9.17) is 0 Å². The van der Waals surface area contributed by atoms with Gasteiger partial charge in [-0.25, -0.2) is 0 Å². The first kappa shape index (κ1) is 20.8. The van der Waals surface area contributed by atoms with Crippen molar-refractivity contribution in [2.24, 2.45) is 0 Å². The number of hydrogen-bond acceptors (Lipinski definition) is 2. The molecule has 0 aromatic rings. The van der Waals surface area contributed by atoms with E-state index in [0.717, 1.165) is 19.4 Å². The third kappa shape index (κ3) is 11.5. The summed E-state index contributed by atoms with van der Waals surface area (Å²) in [5.74, 6) is -0.0906. The largest absolute Gasteiger partial charge is 1.00 e. The summed E-state index contributed by atoms with van der Waals surface area (Å²) in [6, 6.07) is 0. The summed E-state index contributed by atoms with van der Waals surface area (Å²) in [6.07, 6.45) is 3.43. The molecule has 0 aliphatic heterocycles. The Morgan fingerprint density at radius 2 is 1.94 bits per heavy atom. The van der Waals surface area contributed by atoms with E-state index < -0.39 is 0 Å². The Hall–Kier alpha value is -0.580. The monoisotopic (exact) mass is 251 g/mol. The maximum absolute atomic E-state index is 11.1. The Morgan fingerprint density at radius 1 is 1.44 bits per heavy atom. The van der Waals surface area contributed by atoms with Crippen molar-refractivity contribution >= 4 is 5.91 Å². The van der Waals surface area contributed by atoms with Crippen molar-refractivity contribution in [1.82, 2.24) is 11.5 Å². The maximum atomic E-state index is 11.1. The lowest BCUT2D eigenvalue weighted by atomic mass is 9.98. The smallest absolute Gasteiger partial charge is 0.243 e. The first-order valence-electron chi connectivity index (χ1n) is 5.11. The molecule has 0 aliphatic carbocycles. The van der Waals surface area contributed by atoms with Crippen molar-refractivity contribution in [2.75, 3.05) is 20.6 Å². The van der Waals surface area contributed by atoms with Crippen LogP contribution in [0.4, 0.5) is 0 Å². The van der Waals surface area contributed by atoms with E-state index in [-0.39, 0.29) is 30.0 Å². The molecule has 0 atom stereocenters. The molecule has 0 fully saturated rings. The van der Waals surface area contributed by atoms with Crippen LogP contribution in [0.2, 0.25) is 0 Å². The minimum Gasteiger partial charge on any atom is -1.00 e. The van der Waals surface area contributed by atoms with Crippen molar-refractivity contribution < 1.29 is 22.1 Å². The lowest BCUT2D eigenvalue weighted by molar-refractivity contribution is -0.858. The number of hydrogen-bond donors (Lipinski definition) is 3. The Labute approximate surface area is 105 Å². The van der Waals surface area contributed by atoms with Gasteiger partial charge >= 0.3 is 0 Å². The SMILES string of the molecule is C=CC(=O)NC(C)(C)CCC[NH+](C)C.N.[Cl-]. The van der Waals surface area contributed by atoms with Gasteiger partial charge in [0.2, 0.25) is 5.91 Å². The molecule has 0 spiro atoms. The van der Waals surface area contributed by atoms with Crippen molar-refractivity contribution in [2.45, 2.75) is 32.2 Å². The number of carbonyl (C=O) groups is 1. The molecule has 0 aromatic carbocycles. The highest BCUT2D eigenvalue weighted by Crippen LogP contribution is 2.09. The Morgan fingerprint density at radius 3 is 2.31 bits per heavy atom. The molecule has 4 nitrogen and oxygen atoms in total. The first-order valence-corrected chi connectivity index (χ1v) is 5.11. The molecule has 0 saturated heterocycles. The molecule has 0 saturated carbocycles. The standard InChI is InChI=1S/C11H22N2O.ClH.H3N/c1-6-10(14)12-11(2,3)8-7-9-13(4)5;;/h6H,1,7-9H2,2-5H3,(H,12,14);1H;1H3. The molecule has 5 N–H and O–H groups in total. The number of nitrogens with one attached hydrogen (secondary N) is 2. The second-order valence-electron chi connectivity index (χ2n) is 4.64. The van der Waals surface area contributed by atoms with Crippen LogP contribution >= 0.6 is 0 Å². The van der Waals surface area contributed by atoms with Crippen LogP contribution in [0.1, 0.15) is 26.7 Å². The number of rotatable bonds is 6. The highest BCUT2D eigenvalue weighted by atomic mass is 35.5. The van der Waals surface area contributed by atoms with E-state index >= 15 is 0 Å². The van der Waals surface area contributed by atoms with Crippen molar-refractivity contribution in [3.05, 3.63) is 12.7 Å². The minimum absolute atomic E-state index is 0. The fraction of sp³-hybridized carbons (Fsp3) is 0.727. The quantitative estimate of drug-likeness (QED) is 0.445. The molecule has 0 aromatic heterocycles. The van der Waals surface area contributed by atoms with Crippen LogP contribution in [0, 0.1) is 0 Å². The molecule has 5 heteroatoms. The molecular weight excluding hydrogens is 226 g/mol. The molecule has 0 unspecified atom stereocenters. The molecule has 16 heavy (non-hydrogen) atoms. The van der Waals surface area contributed by atoms with E-state index in [1.807, 2.05) is 13.8 Å². The zero-order chi connectivity index (χ0) is 11.2. The molecule has 0 aliphatic rings. The topological polar surface area (TPSA) is 68.5 Å². The Balaban J connectivity index is -0.000000845. The highest BCUT2D eigenvalue weighted by molar-refractivity contribution is 5.87. The summed E-state index contributed by atoms with van der Waals surface area (Å²) in [5, 5.41) is 2.91. The van der Waals surface area contributed by atoms with Gasteiger partial charge < -0.3 is 28.8 Å². The average molecular weight is 252 g/mol. The summed E-state index contributed by atoms with van der Waals surface area (Å²) < 4.78 is 0. The van der Waals surface area contributed by atoms with Crippen LogP contribution in [0.5, 0.6) is 0 Å². The van der Waals surface area contributed by atoms with Crippen molar-refractivity contribution in [1.29, 1.82) is 0 Å². The normalized spacial score (nSPS) is 10.1. The molecule has 0 radical (unpaired) electrons. The van der Waals surface area contributed by atoms with Gasteiger partial charge in [-0.05, 0) is 32.8 Å². The highest BCUT2D eigenvalue weighted by Gasteiger charge is 2.18. The van der Waals surface area contributed by atoms with Gasteiger partial charge in [0.15, 0.2) is 0 Å². The number of halogens is 1. The predicted molar refractivity (Wildman–Crippen MR) is 64.4 cm³/mol. The first-order chi connectivity index (χ1) is 6.37. The van der Waals surface area contributed by atoms with Crippen LogP contribution in [0.25, 0.3) is 0 Å². The molecule has 1 amide bonds. The number of amides is 1. The van der Waals surface area contributed by atoms with Gasteiger partial charge in [0.05, 0.1) is 20.6 Å². The van der Waals surface area contributed by atoms with E-state index in [9.17, 15) is 4.79 Å². The average Bonchev–Trinajstić information content (AvgIpc) is 2.02. The summed E-state index contributed by atoms with van der Waals surface area (Å²) in [7, 11) is 4.27. The van der Waals surface area contributed by atoms with E-state index in [2.05, 4.69) is 26.0 Å². The Kier molecular flexibility index (Phi) is 12.5. The second kappa shape index (κ2) is 9.63. The minimum atomic E-state index is -0.124. The lowest BCUT2D eigenvalue weighted by Gasteiger charge is -2.25. The van der Waals surface area contributed by atoms with E-state index in [1.54, 1.807) is 0 Å². The van der Waals surface area contributed by atoms with E-state index in [0.29, 0.717) is 0 Å². The maximum Gasteiger partial charge on any atom is 0.243 e. The third-order valence-corrected chi connectivity index (χ3v) is 2.13. The summed E-state index contributed by atoms with van der Waals surface area (Å²) >= 11 is 0. The lowest BCUT2D eigenvalue weighted by Crippen LogP contribution is -3.05. The Bertz CT molecular complexity index is 205. The number of quaternary nitrogens is 1. The van der Waals surface area contributed by atoms with Crippen LogP contribution in [0.15, 0.2) is 12.7 Å². The van der Waals surface area contributed by atoms with Gasteiger partial charge in [0.25, 0.3) is 0 Å². The van der Waals surface area contributed by atoms with Gasteiger partial charge in [0.1, 0.15) is 0 Å².